The second kappa shape index (κ2) is 11.3. The highest BCUT2D eigenvalue weighted by molar-refractivity contribution is 7.89. The lowest BCUT2D eigenvalue weighted by Gasteiger charge is -2.17. The zero-order valence-corrected chi connectivity index (χ0v) is 20.8. The lowest BCUT2D eigenvalue weighted by atomic mass is 10.1. The van der Waals surface area contributed by atoms with Crippen molar-refractivity contribution in [2.24, 2.45) is 0 Å². The molecule has 0 saturated carbocycles. The third-order valence-electron chi connectivity index (χ3n) is 6.69. The topological polar surface area (TPSA) is 79.0 Å². The summed E-state index contributed by atoms with van der Waals surface area (Å²) in [4.78, 5) is 15.2. The minimum atomic E-state index is -3.51. The Labute approximate surface area is 203 Å². The summed E-state index contributed by atoms with van der Waals surface area (Å²) in [7, 11) is -1.95. The molecule has 0 aromatic heterocycles. The number of sulfonamides is 1. The van der Waals surface area contributed by atoms with Crippen molar-refractivity contribution in [3.8, 4) is 5.75 Å². The van der Waals surface area contributed by atoms with Crippen LogP contribution in [0.4, 0.5) is 0 Å². The number of hydrogen-bond donors (Lipinski definition) is 1. The first-order chi connectivity index (χ1) is 16.5. The standard InChI is InChI=1S/C26H35N3O4S/c1-33-25-12-11-24(34(31,32)29-16-4-5-17-29)18-23(25)10-13-26(30)27-19-21-6-8-22(9-7-21)20-28-14-2-3-15-28/h6-9,11-12,18H,2-5,10,13-17,19-20H2,1H3,(H,27,30). The van der Waals surface area contributed by atoms with Crippen LogP contribution in [-0.4, -0.2) is 56.8 Å². The van der Waals surface area contributed by atoms with Crippen LogP contribution in [0, 0.1) is 0 Å². The Balaban J connectivity index is 1.30. The summed E-state index contributed by atoms with van der Waals surface area (Å²) < 4.78 is 32.8. The fourth-order valence-electron chi connectivity index (χ4n) is 4.69. The lowest BCUT2D eigenvalue weighted by Crippen LogP contribution is -2.28. The minimum Gasteiger partial charge on any atom is -0.496 e. The lowest BCUT2D eigenvalue weighted by molar-refractivity contribution is -0.121. The molecule has 184 valence electrons. The molecule has 0 spiro atoms. The van der Waals surface area contributed by atoms with Crippen LogP contribution >= 0.6 is 0 Å². The number of aryl methyl sites for hydroxylation is 1. The van der Waals surface area contributed by atoms with Gasteiger partial charge in [-0.3, -0.25) is 9.69 Å². The largest absolute Gasteiger partial charge is 0.496 e. The fraction of sp³-hybridized carbons (Fsp3) is 0.500. The summed E-state index contributed by atoms with van der Waals surface area (Å²) in [5, 5.41) is 2.97. The predicted molar refractivity (Wildman–Crippen MR) is 132 cm³/mol. The predicted octanol–water partition coefficient (Wildman–Crippen LogP) is 3.32. The number of carbonyl (C=O) groups excluding carboxylic acids is 1. The Kier molecular flexibility index (Phi) is 8.24. The molecule has 2 aromatic carbocycles. The Morgan fingerprint density at radius 1 is 0.941 bits per heavy atom. The minimum absolute atomic E-state index is 0.0731. The molecule has 7 nitrogen and oxygen atoms in total. The molecule has 2 fully saturated rings. The normalized spacial score (nSPS) is 17.2. The van der Waals surface area contributed by atoms with E-state index in [1.165, 1.54) is 35.8 Å². The number of rotatable bonds is 10. The number of hydrogen-bond acceptors (Lipinski definition) is 5. The summed E-state index contributed by atoms with van der Waals surface area (Å²) in [6, 6.07) is 13.3. The van der Waals surface area contributed by atoms with Gasteiger partial charge in [-0.2, -0.15) is 4.31 Å². The van der Waals surface area contributed by atoms with Crippen molar-refractivity contribution in [3.63, 3.8) is 0 Å². The molecule has 0 atom stereocenters. The average Bonchev–Trinajstić information content (AvgIpc) is 3.57. The molecular weight excluding hydrogens is 450 g/mol. The number of carbonyl (C=O) groups is 1. The van der Waals surface area contributed by atoms with E-state index in [0.717, 1.165) is 30.5 Å². The molecule has 2 saturated heterocycles. The van der Waals surface area contributed by atoms with Gasteiger partial charge in [0.2, 0.25) is 15.9 Å². The van der Waals surface area contributed by atoms with Crippen LogP contribution in [0.15, 0.2) is 47.4 Å². The number of nitrogens with zero attached hydrogens (tertiary/aromatic N) is 2. The van der Waals surface area contributed by atoms with Crippen LogP contribution < -0.4 is 10.1 Å². The van der Waals surface area contributed by atoms with Gasteiger partial charge >= 0.3 is 0 Å². The van der Waals surface area contributed by atoms with E-state index in [9.17, 15) is 13.2 Å². The molecule has 0 radical (unpaired) electrons. The molecule has 2 aromatic rings. The van der Waals surface area contributed by atoms with Crippen LogP contribution in [0.2, 0.25) is 0 Å². The number of likely N-dealkylation sites (tertiary alicyclic amines) is 1. The van der Waals surface area contributed by atoms with Gasteiger partial charge in [0, 0.05) is 32.6 Å². The van der Waals surface area contributed by atoms with E-state index in [0.29, 0.717) is 31.8 Å². The van der Waals surface area contributed by atoms with Gasteiger partial charge in [-0.1, -0.05) is 24.3 Å². The zero-order chi connectivity index (χ0) is 24.0. The van der Waals surface area contributed by atoms with E-state index in [1.54, 1.807) is 25.3 Å². The molecule has 2 aliphatic rings. The first-order valence-corrected chi connectivity index (χ1v) is 13.6. The SMILES string of the molecule is COc1ccc(S(=O)(=O)N2CCCC2)cc1CCC(=O)NCc1ccc(CN2CCCC2)cc1. The number of nitrogens with one attached hydrogen (secondary N) is 1. The molecule has 0 aliphatic carbocycles. The molecule has 1 N–H and O–H groups in total. The van der Waals surface area contributed by atoms with Crippen molar-refractivity contribution in [2.75, 3.05) is 33.3 Å². The molecule has 0 unspecified atom stereocenters. The molecule has 2 heterocycles. The Morgan fingerprint density at radius 2 is 1.59 bits per heavy atom. The molecule has 2 aliphatic heterocycles. The summed E-state index contributed by atoms with van der Waals surface area (Å²) in [6.07, 6.45) is 5.03. The van der Waals surface area contributed by atoms with Gasteiger partial charge in [0.05, 0.1) is 12.0 Å². The van der Waals surface area contributed by atoms with Crippen molar-refractivity contribution in [2.45, 2.75) is 56.5 Å². The van der Waals surface area contributed by atoms with E-state index in [4.69, 9.17) is 4.74 Å². The van der Waals surface area contributed by atoms with E-state index in [-0.39, 0.29) is 17.2 Å². The van der Waals surface area contributed by atoms with Gasteiger partial charge < -0.3 is 10.1 Å². The van der Waals surface area contributed by atoms with E-state index >= 15 is 0 Å². The summed E-state index contributed by atoms with van der Waals surface area (Å²) in [5.41, 5.74) is 3.09. The molecule has 4 rings (SSSR count). The van der Waals surface area contributed by atoms with Crippen LogP contribution in [0.25, 0.3) is 0 Å². The van der Waals surface area contributed by atoms with Crippen molar-refractivity contribution in [1.29, 1.82) is 0 Å². The van der Waals surface area contributed by atoms with Crippen molar-refractivity contribution in [3.05, 3.63) is 59.2 Å². The Bertz CT molecular complexity index is 1070. The number of ether oxygens (including phenoxy) is 1. The first kappa shape index (κ1) is 24.7. The second-order valence-electron chi connectivity index (χ2n) is 9.16. The summed E-state index contributed by atoms with van der Waals surface area (Å²) >= 11 is 0. The maximum Gasteiger partial charge on any atom is 0.243 e. The fourth-order valence-corrected chi connectivity index (χ4v) is 6.26. The Hall–Kier alpha value is -2.42. The van der Waals surface area contributed by atoms with Crippen molar-refractivity contribution in [1.82, 2.24) is 14.5 Å². The average molecular weight is 486 g/mol. The molecule has 34 heavy (non-hydrogen) atoms. The molecule has 1 amide bonds. The summed E-state index contributed by atoms with van der Waals surface area (Å²) in [6.45, 7) is 4.94. The first-order valence-electron chi connectivity index (χ1n) is 12.2. The van der Waals surface area contributed by atoms with Crippen LogP contribution in [-0.2, 0) is 34.3 Å². The van der Waals surface area contributed by atoms with Gasteiger partial charge in [-0.15, -0.1) is 0 Å². The van der Waals surface area contributed by atoms with Gasteiger partial charge in [0.15, 0.2) is 0 Å². The zero-order valence-electron chi connectivity index (χ0n) is 20.0. The third kappa shape index (κ3) is 6.17. The van der Waals surface area contributed by atoms with Crippen molar-refractivity contribution >= 4 is 15.9 Å². The monoisotopic (exact) mass is 485 g/mol. The molecule has 8 heteroatoms. The highest BCUT2D eigenvalue weighted by atomic mass is 32.2. The van der Waals surface area contributed by atoms with Gasteiger partial charge in [0.1, 0.15) is 5.75 Å². The van der Waals surface area contributed by atoms with Crippen LogP contribution in [0.1, 0.15) is 48.8 Å². The maximum absolute atomic E-state index is 12.9. The van der Waals surface area contributed by atoms with E-state index < -0.39 is 10.0 Å². The number of methoxy groups -OCH3 is 1. The molecule has 0 bridgehead atoms. The van der Waals surface area contributed by atoms with Crippen molar-refractivity contribution < 1.29 is 17.9 Å². The highest BCUT2D eigenvalue weighted by Gasteiger charge is 2.27. The molecular formula is C26H35N3O4S. The third-order valence-corrected chi connectivity index (χ3v) is 8.59. The van der Waals surface area contributed by atoms with Gasteiger partial charge in [0.25, 0.3) is 0 Å². The van der Waals surface area contributed by atoms with E-state index in [2.05, 4.69) is 34.5 Å². The van der Waals surface area contributed by atoms with Gasteiger partial charge in [-0.25, -0.2) is 8.42 Å². The maximum atomic E-state index is 12.9. The number of amides is 1. The Morgan fingerprint density at radius 3 is 2.26 bits per heavy atom. The van der Waals surface area contributed by atoms with Gasteiger partial charge in [-0.05, 0) is 80.1 Å². The second-order valence-corrected chi connectivity index (χ2v) is 11.1. The van der Waals surface area contributed by atoms with E-state index in [1.807, 2.05) is 0 Å². The number of benzene rings is 2. The smallest absolute Gasteiger partial charge is 0.243 e. The summed E-state index contributed by atoms with van der Waals surface area (Å²) in [5.74, 6) is 0.526. The van der Waals surface area contributed by atoms with Crippen LogP contribution in [0.3, 0.4) is 0 Å². The quantitative estimate of drug-likeness (QED) is 0.559. The highest BCUT2D eigenvalue weighted by Crippen LogP contribution is 2.27. The van der Waals surface area contributed by atoms with Crippen LogP contribution in [0.5, 0.6) is 5.75 Å².